The van der Waals surface area contributed by atoms with E-state index in [1.165, 1.54) is 103 Å². The zero-order valence-electron chi connectivity index (χ0n) is 45.5. The Morgan fingerprint density at radius 1 is 0.300 bits per heavy atom. The quantitative estimate of drug-likeness (QED) is 0.0262. The van der Waals surface area contributed by atoms with Crippen LogP contribution in [0.1, 0.15) is 258 Å². The summed E-state index contributed by atoms with van der Waals surface area (Å²) in [4.78, 5) is 38.2. The number of allylic oxidation sites excluding steroid dienone is 18. The lowest BCUT2D eigenvalue weighted by atomic mass is 10.0. The number of carbonyl (C=O) groups excluding carboxylic acids is 3. The molecule has 1 atom stereocenters. The van der Waals surface area contributed by atoms with Crippen LogP contribution >= 0.6 is 0 Å². The normalized spacial score (nSPS) is 12.9. The summed E-state index contributed by atoms with van der Waals surface area (Å²) in [6, 6.07) is 0. The van der Waals surface area contributed by atoms with Crippen molar-refractivity contribution in [1.29, 1.82) is 0 Å². The molecule has 0 aliphatic rings. The van der Waals surface area contributed by atoms with Gasteiger partial charge in [-0.3, -0.25) is 14.4 Å². The fourth-order valence-electron chi connectivity index (χ4n) is 7.78. The van der Waals surface area contributed by atoms with Gasteiger partial charge in [-0.05, 0) is 89.9 Å². The molecule has 0 aliphatic heterocycles. The van der Waals surface area contributed by atoms with Gasteiger partial charge in [0.15, 0.2) is 6.10 Å². The van der Waals surface area contributed by atoms with Crippen molar-refractivity contribution in [3.63, 3.8) is 0 Å². The summed E-state index contributed by atoms with van der Waals surface area (Å²) in [5.74, 6) is -1.00. The lowest BCUT2D eigenvalue weighted by molar-refractivity contribution is -0.166. The Balaban J connectivity index is 4.51. The van der Waals surface area contributed by atoms with Crippen LogP contribution in [0, 0.1) is 0 Å². The summed E-state index contributed by atoms with van der Waals surface area (Å²) in [6.45, 7) is 6.35. The molecule has 1 unspecified atom stereocenters. The first-order valence-corrected chi connectivity index (χ1v) is 28.9. The van der Waals surface area contributed by atoms with Crippen molar-refractivity contribution in [3.05, 3.63) is 109 Å². The van der Waals surface area contributed by atoms with E-state index in [1.807, 2.05) is 6.08 Å². The summed E-state index contributed by atoms with van der Waals surface area (Å²) >= 11 is 0. The van der Waals surface area contributed by atoms with Crippen molar-refractivity contribution in [2.75, 3.05) is 13.2 Å². The van der Waals surface area contributed by atoms with Gasteiger partial charge in [0.25, 0.3) is 0 Å². The van der Waals surface area contributed by atoms with Gasteiger partial charge in [-0.25, -0.2) is 0 Å². The van der Waals surface area contributed by atoms with Crippen LogP contribution in [0.15, 0.2) is 109 Å². The summed E-state index contributed by atoms with van der Waals surface area (Å²) in [5.41, 5.74) is 0. The van der Waals surface area contributed by atoms with Gasteiger partial charge in [-0.15, -0.1) is 0 Å². The van der Waals surface area contributed by atoms with Crippen LogP contribution < -0.4 is 0 Å². The topological polar surface area (TPSA) is 78.9 Å². The highest BCUT2D eigenvalue weighted by Crippen LogP contribution is 2.16. The zero-order chi connectivity index (χ0) is 50.7. The van der Waals surface area contributed by atoms with Crippen LogP contribution in [0.2, 0.25) is 0 Å². The monoisotopic (exact) mass is 971 g/mol. The molecule has 0 spiro atoms. The maximum atomic E-state index is 12.9. The first-order valence-electron chi connectivity index (χ1n) is 28.9. The fourth-order valence-corrected chi connectivity index (χ4v) is 7.78. The molecule has 6 nitrogen and oxygen atoms in total. The molecule has 0 bridgehead atoms. The molecule has 0 radical (unpaired) electrons. The first kappa shape index (κ1) is 66.1. The second-order valence-electron chi connectivity index (χ2n) is 18.8. The lowest BCUT2D eigenvalue weighted by Crippen LogP contribution is -2.30. The predicted molar refractivity (Wildman–Crippen MR) is 302 cm³/mol. The Kier molecular flexibility index (Phi) is 54.4. The maximum absolute atomic E-state index is 12.9. The SMILES string of the molecule is CC/C=C\C/C=C\C/C=C\C/C=C\C/C=C\C/C=C\CCC(=O)OCC(COC(=O)CCCCCCCC/C=C\C/C=C\C/C=C\CC)OC(=O)CCCCCCCCCCCCCCCCCCC. The van der Waals surface area contributed by atoms with Gasteiger partial charge in [0.1, 0.15) is 13.2 Å². The van der Waals surface area contributed by atoms with Crippen molar-refractivity contribution >= 4 is 17.9 Å². The Morgan fingerprint density at radius 2 is 0.586 bits per heavy atom. The number of hydrogen-bond donors (Lipinski definition) is 0. The second kappa shape index (κ2) is 57.6. The third-order valence-corrected chi connectivity index (χ3v) is 12.0. The average molecular weight is 972 g/mol. The number of rotatable bonds is 51. The van der Waals surface area contributed by atoms with Crippen LogP contribution in [-0.4, -0.2) is 37.2 Å². The molecule has 70 heavy (non-hydrogen) atoms. The maximum Gasteiger partial charge on any atom is 0.306 e. The Morgan fingerprint density at radius 3 is 0.957 bits per heavy atom. The van der Waals surface area contributed by atoms with E-state index in [0.717, 1.165) is 109 Å². The highest BCUT2D eigenvalue weighted by Gasteiger charge is 2.19. The molecule has 0 aromatic heterocycles. The molecule has 0 amide bonds. The molecule has 0 heterocycles. The Labute approximate surface area is 431 Å². The van der Waals surface area contributed by atoms with Crippen molar-refractivity contribution < 1.29 is 28.6 Å². The van der Waals surface area contributed by atoms with E-state index in [0.29, 0.717) is 19.3 Å². The number of unbranched alkanes of at least 4 members (excludes halogenated alkanes) is 22. The third kappa shape index (κ3) is 55.0. The van der Waals surface area contributed by atoms with Gasteiger partial charge in [0.05, 0.1) is 0 Å². The van der Waals surface area contributed by atoms with Crippen LogP contribution in [-0.2, 0) is 28.6 Å². The Bertz CT molecular complexity index is 1440. The van der Waals surface area contributed by atoms with Crippen LogP contribution in [0.5, 0.6) is 0 Å². The van der Waals surface area contributed by atoms with Gasteiger partial charge in [-0.2, -0.15) is 0 Å². The van der Waals surface area contributed by atoms with Crippen LogP contribution in [0.3, 0.4) is 0 Å². The molecule has 0 rings (SSSR count). The van der Waals surface area contributed by atoms with Crippen LogP contribution in [0.25, 0.3) is 0 Å². The van der Waals surface area contributed by atoms with E-state index in [1.54, 1.807) is 0 Å². The molecule has 0 saturated heterocycles. The minimum atomic E-state index is -0.815. The molecular formula is C64H106O6. The molecule has 0 N–H and O–H groups in total. The van der Waals surface area contributed by atoms with Gasteiger partial charge >= 0.3 is 17.9 Å². The van der Waals surface area contributed by atoms with Gasteiger partial charge in [0.2, 0.25) is 0 Å². The van der Waals surface area contributed by atoms with E-state index in [2.05, 4.69) is 124 Å². The van der Waals surface area contributed by atoms with Gasteiger partial charge < -0.3 is 14.2 Å². The first-order chi connectivity index (χ1) is 34.5. The van der Waals surface area contributed by atoms with Gasteiger partial charge in [0, 0.05) is 19.3 Å². The fraction of sp³-hybridized carbons (Fsp3) is 0.672. The number of ether oxygens (including phenoxy) is 3. The summed E-state index contributed by atoms with van der Waals surface area (Å²) in [7, 11) is 0. The number of carbonyl (C=O) groups is 3. The molecule has 0 fully saturated rings. The summed E-state index contributed by atoms with van der Waals surface area (Å²) < 4.78 is 16.8. The van der Waals surface area contributed by atoms with E-state index in [4.69, 9.17) is 14.2 Å². The predicted octanol–water partition coefficient (Wildman–Crippen LogP) is 19.5. The Hall–Kier alpha value is -3.93. The minimum absolute atomic E-state index is 0.108. The van der Waals surface area contributed by atoms with E-state index in [9.17, 15) is 14.4 Å². The lowest BCUT2D eigenvalue weighted by Gasteiger charge is -2.18. The number of hydrogen-bond acceptors (Lipinski definition) is 6. The van der Waals surface area contributed by atoms with E-state index < -0.39 is 6.10 Å². The molecular weight excluding hydrogens is 865 g/mol. The third-order valence-electron chi connectivity index (χ3n) is 12.0. The highest BCUT2D eigenvalue weighted by molar-refractivity contribution is 5.71. The van der Waals surface area contributed by atoms with Crippen molar-refractivity contribution in [3.8, 4) is 0 Å². The highest BCUT2D eigenvalue weighted by atomic mass is 16.6. The second-order valence-corrected chi connectivity index (χ2v) is 18.8. The molecule has 0 aliphatic carbocycles. The van der Waals surface area contributed by atoms with Crippen molar-refractivity contribution in [2.24, 2.45) is 0 Å². The van der Waals surface area contributed by atoms with E-state index >= 15 is 0 Å². The van der Waals surface area contributed by atoms with Crippen molar-refractivity contribution in [2.45, 2.75) is 264 Å². The zero-order valence-corrected chi connectivity index (χ0v) is 45.5. The molecule has 0 aromatic carbocycles. The molecule has 6 heteroatoms. The number of esters is 3. The average Bonchev–Trinajstić information content (AvgIpc) is 3.36. The largest absolute Gasteiger partial charge is 0.462 e. The van der Waals surface area contributed by atoms with Gasteiger partial charge in [-0.1, -0.05) is 259 Å². The van der Waals surface area contributed by atoms with E-state index in [-0.39, 0.29) is 37.5 Å². The van der Waals surface area contributed by atoms with Crippen molar-refractivity contribution in [1.82, 2.24) is 0 Å². The molecule has 0 aromatic rings. The smallest absolute Gasteiger partial charge is 0.306 e. The minimum Gasteiger partial charge on any atom is -0.462 e. The molecule has 398 valence electrons. The molecule has 0 saturated carbocycles. The summed E-state index contributed by atoms with van der Waals surface area (Å²) in [6.07, 6.45) is 78.0. The summed E-state index contributed by atoms with van der Waals surface area (Å²) in [5, 5.41) is 0. The van der Waals surface area contributed by atoms with Crippen LogP contribution in [0.4, 0.5) is 0 Å². The standard InChI is InChI=1S/C64H106O6/c1-4-7-10-13-16-19-22-25-28-31-32-34-36-39-42-45-48-51-54-57-63(66)69-60-61(59-68-62(65)56-53-50-47-44-41-38-35-30-27-24-21-18-15-12-9-6-3)70-64(67)58-55-52-49-46-43-40-37-33-29-26-23-20-17-14-11-8-5-2/h7,9-10,12,16,18-19,21,25,27-28,30,32,34,39,42,48,51,61H,4-6,8,11,13-15,17,20,22-24,26,29,31,33,35-38,40-41,43-47,49-50,52-60H2,1-3H3/b10-7-,12-9-,19-16-,21-18-,28-25-,30-27-,34-32-,42-39-,51-48-.